The maximum atomic E-state index is 12.3. The molecule has 126 valence electrons. The molecule has 1 atom stereocenters. The summed E-state index contributed by atoms with van der Waals surface area (Å²) in [6, 6.07) is 10.6. The highest BCUT2D eigenvalue weighted by Gasteiger charge is 2.14. The summed E-state index contributed by atoms with van der Waals surface area (Å²) in [6.45, 7) is 2.00. The van der Waals surface area contributed by atoms with Gasteiger partial charge in [-0.25, -0.2) is 4.79 Å². The van der Waals surface area contributed by atoms with Crippen molar-refractivity contribution in [2.75, 3.05) is 12.4 Å². The number of pyridine rings is 1. The molecule has 0 saturated heterocycles. The van der Waals surface area contributed by atoms with E-state index in [1.165, 1.54) is 0 Å². The SMILES string of the molecule is CC[C@H](NC(=O)Nc1ccccc1CC(=O)NC)c1ccncc1. The minimum absolute atomic E-state index is 0.0981. The molecule has 0 fully saturated rings. The van der Waals surface area contributed by atoms with Crippen LogP contribution < -0.4 is 16.0 Å². The number of carbonyl (C=O) groups is 2. The third kappa shape index (κ3) is 4.81. The number of anilines is 1. The monoisotopic (exact) mass is 326 g/mol. The van der Waals surface area contributed by atoms with E-state index in [0.29, 0.717) is 5.69 Å². The molecule has 1 aromatic heterocycles. The molecule has 0 bridgehead atoms. The van der Waals surface area contributed by atoms with Crippen LogP contribution in [-0.4, -0.2) is 24.0 Å². The molecule has 0 spiro atoms. The lowest BCUT2D eigenvalue weighted by molar-refractivity contribution is -0.119. The number of hydrogen-bond acceptors (Lipinski definition) is 3. The quantitative estimate of drug-likeness (QED) is 0.763. The summed E-state index contributed by atoms with van der Waals surface area (Å²) < 4.78 is 0. The van der Waals surface area contributed by atoms with Crippen LogP contribution in [0, 0.1) is 0 Å². The van der Waals surface area contributed by atoms with Gasteiger partial charge in [-0.15, -0.1) is 0 Å². The first kappa shape index (κ1) is 17.5. The number of benzene rings is 1. The molecule has 24 heavy (non-hydrogen) atoms. The van der Waals surface area contributed by atoms with E-state index in [2.05, 4.69) is 20.9 Å². The lowest BCUT2D eigenvalue weighted by Crippen LogP contribution is -2.32. The highest BCUT2D eigenvalue weighted by Crippen LogP contribution is 2.18. The second kappa shape index (κ2) is 8.67. The average molecular weight is 326 g/mol. The van der Waals surface area contributed by atoms with Crippen LogP contribution in [0.15, 0.2) is 48.8 Å². The first-order chi connectivity index (χ1) is 11.6. The van der Waals surface area contributed by atoms with Gasteiger partial charge in [-0.2, -0.15) is 0 Å². The van der Waals surface area contributed by atoms with Gasteiger partial charge in [0, 0.05) is 25.1 Å². The molecule has 6 nitrogen and oxygen atoms in total. The van der Waals surface area contributed by atoms with Gasteiger partial charge in [-0.3, -0.25) is 9.78 Å². The maximum Gasteiger partial charge on any atom is 0.319 e. The van der Waals surface area contributed by atoms with Crippen molar-refractivity contribution in [2.24, 2.45) is 0 Å². The Labute approximate surface area is 141 Å². The van der Waals surface area contributed by atoms with E-state index < -0.39 is 0 Å². The standard InChI is InChI=1S/C18H22N4O2/c1-3-15(13-8-10-20-11-9-13)21-18(24)22-16-7-5-4-6-14(16)12-17(23)19-2/h4-11,15H,3,12H2,1-2H3,(H,19,23)(H2,21,22,24)/t15-/m0/s1. The Bertz CT molecular complexity index is 688. The number of amides is 3. The zero-order valence-corrected chi connectivity index (χ0v) is 13.9. The van der Waals surface area contributed by atoms with Crippen molar-refractivity contribution in [2.45, 2.75) is 25.8 Å². The molecule has 1 heterocycles. The lowest BCUT2D eigenvalue weighted by Gasteiger charge is -2.18. The highest BCUT2D eigenvalue weighted by atomic mass is 16.2. The molecule has 0 aliphatic heterocycles. The Morgan fingerprint density at radius 3 is 2.50 bits per heavy atom. The predicted octanol–water partition coefficient (Wildman–Crippen LogP) is 2.64. The molecule has 0 saturated carbocycles. The van der Waals surface area contributed by atoms with E-state index in [9.17, 15) is 9.59 Å². The van der Waals surface area contributed by atoms with Gasteiger partial charge in [-0.05, 0) is 35.7 Å². The van der Waals surface area contributed by atoms with Crippen LogP contribution in [-0.2, 0) is 11.2 Å². The molecule has 2 aromatic rings. The molecule has 3 N–H and O–H groups in total. The second-order valence-corrected chi connectivity index (χ2v) is 5.35. The summed E-state index contributed by atoms with van der Waals surface area (Å²) in [6.07, 6.45) is 4.39. The van der Waals surface area contributed by atoms with Gasteiger partial charge in [0.1, 0.15) is 0 Å². The summed E-state index contributed by atoms with van der Waals surface area (Å²) in [5, 5.41) is 8.36. The molecule has 0 radical (unpaired) electrons. The number of likely N-dealkylation sites (N-methyl/N-ethyl adjacent to an activating group) is 1. The summed E-state index contributed by atoms with van der Waals surface area (Å²) in [5.74, 6) is -0.104. The third-order valence-corrected chi connectivity index (χ3v) is 3.72. The normalized spacial score (nSPS) is 11.4. The second-order valence-electron chi connectivity index (χ2n) is 5.35. The van der Waals surface area contributed by atoms with Crippen LogP contribution in [0.1, 0.15) is 30.5 Å². The zero-order valence-electron chi connectivity index (χ0n) is 13.9. The number of nitrogens with zero attached hydrogens (tertiary/aromatic N) is 1. The number of urea groups is 1. The molecule has 6 heteroatoms. The van der Waals surface area contributed by atoms with Crippen molar-refractivity contribution in [1.29, 1.82) is 0 Å². The number of nitrogens with one attached hydrogen (secondary N) is 3. The van der Waals surface area contributed by atoms with Crippen molar-refractivity contribution in [3.63, 3.8) is 0 Å². The van der Waals surface area contributed by atoms with E-state index >= 15 is 0 Å². The molecule has 0 aliphatic carbocycles. The summed E-state index contributed by atoms with van der Waals surface area (Å²) in [5.41, 5.74) is 2.40. The van der Waals surface area contributed by atoms with E-state index in [1.54, 1.807) is 25.5 Å². The van der Waals surface area contributed by atoms with Gasteiger partial charge in [0.2, 0.25) is 5.91 Å². The first-order valence-corrected chi connectivity index (χ1v) is 7.90. The fourth-order valence-electron chi connectivity index (χ4n) is 2.39. The van der Waals surface area contributed by atoms with E-state index in [0.717, 1.165) is 17.5 Å². The van der Waals surface area contributed by atoms with Gasteiger partial charge < -0.3 is 16.0 Å². The smallest absolute Gasteiger partial charge is 0.319 e. The number of rotatable bonds is 6. The Hall–Kier alpha value is -2.89. The van der Waals surface area contributed by atoms with Crippen molar-refractivity contribution >= 4 is 17.6 Å². The van der Waals surface area contributed by atoms with Crippen LogP contribution in [0.3, 0.4) is 0 Å². The van der Waals surface area contributed by atoms with Crippen molar-refractivity contribution < 1.29 is 9.59 Å². The average Bonchev–Trinajstić information content (AvgIpc) is 2.62. The molecule has 3 amide bonds. The topological polar surface area (TPSA) is 83.1 Å². The fourth-order valence-corrected chi connectivity index (χ4v) is 2.39. The molecule has 1 aromatic carbocycles. The van der Waals surface area contributed by atoms with Gasteiger partial charge >= 0.3 is 6.03 Å². The maximum absolute atomic E-state index is 12.3. The van der Waals surface area contributed by atoms with Gasteiger partial charge in [0.05, 0.1) is 12.5 Å². The summed E-state index contributed by atoms with van der Waals surface area (Å²) in [4.78, 5) is 27.9. The Kier molecular flexibility index (Phi) is 6.31. The largest absolute Gasteiger partial charge is 0.359 e. The molecule has 0 unspecified atom stereocenters. The molecule has 2 rings (SSSR count). The predicted molar refractivity (Wildman–Crippen MR) is 93.6 cm³/mol. The minimum atomic E-state index is -0.303. The van der Waals surface area contributed by atoms with Crippen LogP contribution >= 0.6 is 0 Å². The highest BCUT2D eigenvalue weighted by molar-refractivity contribution is 5.91. The summed E-state index contributed by atoms with van der Waals surface area (Å²) >= 11 is 0. The van der Waals surface area contributed by atoms with Crippen LogP contribution in [0.5, 0.6) is 0 Å². The first-order valence-electron chi connectivity index (χ1n) is 7.90. The Morgan fingerprint density at radius 2 is 1.83 bits per heavy atom. The summed E-state index contributed by atoms with van der Waals surface area (Å²) in [7, 11) is 1.59. The van der Waals surface area contributed by atoms with Crippen LogP contribution in [0.4, 0.5) is 10.5 Å². The minimum Gasteiger partial charge on any atom is -0.359 e. The van der Waals surface area contributed by atoms with Gasteiger partial charge in [-0.1, -0.05) is 25.1 Å². The number of hydrogen-bond donors (Lipinski definition) is 3. The van der Waals surface area contributed by atoms with Crippen molar-refractivity contribution in [3.8, 4) is 0 Å². The van der Waals surface area contributed by atoms with E-state index in [4.69, 9.17) is 0 Å². The number of aromatic nitrogens is 1. The Morgan fingerprint density at radius 1 is 1.12 bits per heavy atom. The van der Waals surface area contributed by atoms with E-state index in [-0.39, 0.29) is 24.4 Å². The molecular formula is C18H22N4O2. The number of para-hydroxylation sites is 1. The molecular weight excluding hydrogens is 304 g/mol. The van der Waals surface area contributed by atoms with Crippen LogP contribution in [0.25, 0.3) is 0 Å². The zero-order chi connectivity index (χ0) is 17.4. The molecule has 0 aliphatic rings. The Balaban J connectivity index is 2.05. The van der Waals surface area contributed by atoms with Crippen LogP contribution in [0.2, 0.25) is 0 Å². The number of carbonyl (C=O) groups excluding carboxylic acids is 2. The van der Waals surface area contributed by atoms with Gasteiger partial charge in [0.25, 0.3) is 0 Å². The third-order valence-electron chi connectivity index (χ3n) is 3.72. The lowest BCUT2D eigenvalue weighted by atomic mass is 10.1. The van der Waals surface area contributed by atoms with Crippen molar-refractivity contribution in [1.82, 2.24) is 15.6 Å². The van der Waals surface area contributed by atoms with E-state index in [1.807, 2.05) is 37.3 Å². The fraction of sp³-hybridized carbons (Fsp3) is 0.278. The van der Waals surface area contributed by atoms with Crippen molar-refractivity contribution in [3.05, 3.63) is 59.9 Å². The van der Waals surface area contributed by atoms with Gasteiger partial charge in [0.15, 0.2) is 0 Å².